The van der Waals surface area contributed by atoms with E-state index in [0.717, 1.165) is 18.8 Å². The smallest absolute Gasteiger partial charge is 0.312 e. The maximum Gasteiger partial charge on any atom is 0.312 e. The summed E-state index contributed by atoms with van der Waals surface area (Å²) >= 11 is 3.69. The van der Waals surface area contributed by atoms with Gasteiger partial charge in [0.25, 0.3) is 5.91 Å². The summed E-state index contributed by atoms with van der Waals surface area (Å²) in [7, 11) is 0. The molecule has 2 amide bonds. The van der Waals surface area contributed by atoms with Gasteiger partial charge in [0.15, 0.2) is 0 Å². The standard InChI is InChI=1S/C31H44BrN3O6/c1-7-16-34(21-14-12-20(13-15-21)33(9-3)10-4)29(38)27-31-17-22(32)26(41-31)24(30(39)40-11-5)25(31)28(37)35(27)23(18-36)19(6)8-2/h7,12-15,19,22-27,36H,1,8-11,16-18H2,2-6H3/t19-,22?,23-,24-,25-,26-,27?,31?/m0/s1. The predicted molar refractivity (Wildman–Crippen MR) is 162 cm³/mol. The van der Waals surface area contributed by atoms with Gasteiger partial charge in [-0.05, 0) is 57.4 Å². The van der Waals surface area contributed by atoms with Gasteiger partial charge in [0.2, 0.25) is 5.91 Å². The van der Waals surface area contributed by atoms with Gasteiger partial charge in [-0.25, -0.2) is 0 Å². The molecule has 3 saturated heterocycles. The number of alkyl halides is 1. The molecule has 1 aromatic carbocycles. The largest absolute Gasteiger partial charge is 0.466 e. The van der Waals surface area contributed by atoms with E-state index in [2.05, 4.69) is 41.3 Å². The molecule has 1 aromatic rings. The van der Waals surface area contributed by atoms with Crippen LogP contribution in [0.1, 0.15) is 47.5 Å². The topological polar surface area (TPSA) is 99.6 Å². The Kier molecular flexibility index (Phi) is 9.86. The molecule has 0 aromatic heterocycles. The molecule has 0 saturated carbocycles. The third-order valence-electron chi connectivity index (χ3n) is 9.23. The average molecular weight is 635 g/mol. The molecule has 10 heteroatoms. The van der Waals surface area contributed by atoms with Crippen molar-refractivity contribution in [3.8, 4) is 0 Å². The van der Waals surface area contributed by atoms with E-state index in [9.17, 15) is 19.5 Å². The van der Waals surface area contributed by atoms with Crippen LogP contribution in [-0.4, -0.2) is 89.3 Å². The summed E-state index contributed by atoms with van der Waals surface area (Å²) in [6.07, 6.45) is 2.16. The van der Waals surface area contributed by atoms with Crippen LogP contribution in [0.4, 0.5) is 11.4 Å². The summed E-state index contributed by atoms with van der Waals surface area (Å²) in [5.74, 6) is -2.94. The van der Waals surface area contributed by atoms with Crippen molar-refractivity contribution in [2.24, 2.45) is 17.8 Å². The Balaban J connectivity index is 1.82. The SMILES string of the molecule is C=CCN(C(=O)C1N([C@@H](CO)[C@@H](C)CC)C(=O)[C@@H]2[C@H](C(=O)OCC)[C@H]3OC12CC3Br)c1ccc(N(CC)CC)cc1. The number of aliphatic hydroxyl groups is 1. The highest BCUT2D eigenvalue weighted by atomic mass is 79.9. The second-order valence-corrected chi connectivity index (χ2v) is 12.4. The molecule has 2 bridgehead atoms. The summed E-state index contributed by atoms with van der Waals surface area (Å²) in [6, 6.07) is 6.15. The molecule has 3 heterocycles. The summed E-state index contributed by atoms with van der Waals surface area (Å²) in [4.78, 5) is 47.5. The van der Waals surface area contributed by atoms with Gasteiger partial charge in [-0.2, -0.15) is 0 Å². The van der Waals surface area contributed by atoms with Gasteiger partial charge in [-0.15, -0.1) is 6.58 Å². The second kappa shape index (κ2) is 12.8. The predicted octanol–water partition coefficient (Wildman–Crippen LogP) is 3.77. The maximum atomic E-state index is 14.8. The number of halogens is 1. The molecule has 0 radical (unpaired) electrons. The molecular weight excluding hydrogens is 590 g/mol. The van der Waals surface area contributed by atoms with Crippen LogP contribution in [0.3, 0.4) is 0 Å². The van der Waals surface area contributed by atoms with Gasteiger partial charge in [0.1, 0.15) is 11.6 Å². The lowest BCUT2D eigenvalue weighted by molar-refractivity contribution is -0.155. The number of hydrogen-bond acceptors (Lipinski definition) is 7. The number of amides is 2. The Morgan fingerprint density at radius 1 is 1.22 bits per heavy atom. The summed E-state index contributed by atoms with van der Waals surface area (Å²) in [5, 5.41) is 10.6. The third-order valence-corrected chi connectivity index (χ3v) is 10.1. The zero-order valence-electron chi connectivity index (χ0n) is 24.8. The van der Waals surface area contributed by atoms with Gasteiger partial charge in [-0.1, -0.05) is 42.3 Å². The first-order valence-electron chi connectivity index (χ1n) is 14.8. The van der Waals surface area contributed by atoms with Crippen LogP contribution in [0.2, 0.25) is 0 Å². The quantitative estimate of drug-likeness (QED) is 0.201. The second-order valence-electron chi connectivity index (χ2n) is 11.2. The molecule has 9 nitrogen and oxygen atoms in total. The molecule has 3 aliphatic heterocycles. The van der Waals surface area contributed by atoms with Crippen LogP contribution in [0.5, 0.6) is 0 Å². The summed E-state index contributed by atoms with van der Waals surface area (Å²) in [6.45, 7) is 15.6. The van der Waals surface area contributed by atoms with Crippen molar-refractivity contribution in [2.75, 3.05) is 42.6 Å². The lowest BCUT2D eigenvalue weighted by Gasteiger charge is -2.41. The van der Waals surface area contributed by atoms with Crippen LogP contribution in [0, 0.1) is 17.8 Å². The highest BCUT2D eigenvalue weighted by molar-refractivity contribution is 9.09. The minimum absolute atomic E-state index is 0.0892. The van der Waals surface area contributed by atoms with E-state index in [4.69, 9.17) is 9.47 Å². The van der Waals surface area contributed by atoms with E-state index in [1.54, 1.807) is 17.9 Å². The number of carbonyl (C=O) groups excluding carboxylic acids is 3. The minimum atomic E-state index is -1.23. The Bertz CT molecular complexity index is 1130. The molecule has 3 fully saturated rings. The monoisotopic (exact) mass is 633 g/mol. The van der Waals surface area contributed by atoms with Crippen molar-refractivity contribution in [3.05, 3.63) is 36.9 Å². The van der Waals surface area contributed by atoms with E-state index >= 15 is 0 Å². The van der Waals surface area contributed by atoms with E-state index in [1.165, 1.54) is 4.90 Å². The number of esters is 1. The van der Waals surface area contributed by atoms with Gasteiger partial charge < -0.3 is 29.3 Å². The van der Waals surface area contributed by atoms with Crippen LogP contribution in [-0.2, 0) is 23.9 Å². The van der Waals surface area contributed by atoms with Gasteiger partial charge >= 0.3 is 5.97 Å². The van der Waals surface area contributed by atoms with E-state index in [0.29, 0.717) is 18.5 Å². The average Bonchev–Trinajstić information content (AvgIpc) is 3.56. The van der Waals surface area contributed by atoms with Crippen molar-refractivity contribution in [2.45, 2.75) is 76.1 Å². The highest BCUT2D eigenvalue weighted by Gasteiger charge is 2.77. The van der Waals surface area contributed by atoms with Crippen molar-refractivity contribution >= 4 is 45.1 Å². The number of nitrogens with zero attached hydrogens (tertiary/aromatic N) is 3. The zero-order valence-corrected chi connectivity index (χ0v) is 26.4. The van der Waals surface area contributed by atoms with Crippen LogP contribution in [0.25, 0.3) is 0 Å². The van der Waals surface area contributed by atoms with Crippen molar-refractivity contribution < 1.29 is 29.0 Å². The fourth-order valence-corrected chi connectivity index (χ4v) is 8.00. The first-order valence-corrected chi connectivity index (χ1v) is 15.8. The van der Waals surface area contributed by atoms with Crippen molar-refractivity contribution in [3.63, 3.8) is 0 Å². The molecule has 41 heavy (non-hydrogen) atoms. The molecule has 0 aliphatic carbocycles. The fourth-order valence-electron chi connectivity index (χ4n) is 7.06. The number of aliphatic hydroxyl groups excluding tert-OH is 1. The normalized spacial score (nSPS) is 29.7. The van der Waals surface area contributed by atoms with Gasteiger partial charge in [-0.3, -0.25) is 14.4 Å². The van der Waals surface area contributed by atoms with Crippen LogP contribution < -0.4 is 9.80 Å². The number of rotatable bonds is 13. The Morgan fingerprint density at radius 3 is 2.39 bits per heavy atom. The zero-order chi connectivity index (χ0) is 30.1. The Hall–Kier alpha value is -2.43. The Labute approximate surface area is 252 Å². The fraction of sp³-hybridized carbons (Fsp3) is 0.645. The van der Waals surface area contributed by atoms with E-state index in [-0.39, 0.29) is 42.3 Å². The first-order chi connectivity index (χ1) is 19.6. The number of fused-ring (bicyclic) bond motifs is 1. The summed E-state index contributed by atoms with van der Waals surface area (Å²) in [5.41, 5.74) is 0.494. The molecule has 226 valence electrons. The lowest BCUT2D eigenvalue weighted by atomic mass is 9.70. The van der Waals surface area contributed by atoms with Crippen molar-refractivity contribution in [1.82, 2.24) is 4.90 Å². The number of carbonyl (C=O) groups is 3. The van der Waals surface area contributed by atoms with Gasteiger partial charge in [0, 0.05) is 35.8 Å². The van der Waals surface area contributed by atoms with Gasteiger partial charge in [0.05, 0.1) is 37.2 Å². The minimum Gasteiger partial charge on any atom is -0.466 e. The third kappa shape index (κ3) is 5.20. The number of ether oxygens (including phenoxy) is 2. The number of likely N-dealkylation sites (tertiary alicyclic amines) is 1. The molecule has 4 rings (SSSR count). The molecular formula is C31H44BrN3O6. The summed E-state index contributed by atoms with van der Waals surface area (Å²) < 4.78 is 12.0. The number of anilines is 2. The molecule has 8 atom stereocenters. The first kappa shape index (κ1) is 31.5. The maximum absolute atomic E-state index is 14.8. The van der Waals surface area contributed by atoms with Crippen LogP contribution in [0.15, 0.2) is 36.9 Å². The van der Waals surface area contributed by atoms with Crippen molar-refractivity contribution in [1.29, 1.82) is 0 Å². The molecule has 3 unspecified atom stereocenters. The number of benzene rings is 1. The molecule has 3 aliphatic rings. The molecule has 1 N–H and O–H groups in total. The lowest BCUT2D eigenvalue weighted by Crippen LogP contribution is -2.60. The Morgan fingerprint density at radius 2 is 1.85 bits per heavy atom. The van der Waals surface area contributed by atoms with E-state index in [1.807, 2.05) is 38.1 Å². The number of hydrogen-bond donors (Lipinski definition) is 1. The highest BCUT2D eigenvalue weighted by Crippen LogP contribution is 2.61. The van der Waals surface area contributed by atoms with E-state index < -0.39 is 41.6 Å². The molecule has 1 spiro atoms. The van der Waals surface area contributed by atoms with Crippen LogP contribution >= 0.6 is 15.9 Å².